The van der Waals surface area contributed by atoms with Crippen LogP contribution in [0, 0.1) is 5.82 Å². The maximum absolute atomic E-state index is 13.9. The number of rotatable bonds is 7. The third kappa shape index (κ3) is 4.26. The lowest BCUT2D eigenvalue weighted by Crippen LogP contribution is -2.20. The van der Waals surface area contributed by atoms with Crippen LogP contribution in [0.25, 0.3) is 10.2 Å². The third-order valence-corrected chi connectivity index (χ3v) is 4.97. The molecule has 1 aromatic heterocycles. The first kappa shape index (κ1) is 19.3. The van der Waals surface area contributed by atoms with Crippen molar-refractivity contribution in [2.75, 3.05) is 19.8 Å². The summed E-state index contributed by atoms with van der Waals surface area (Å²) in [4.78, 5) is 17.2. The summed E-state index contributed by atoms with van der Waals surface area (Å²) in [5.41, 5.74) is 0.820. The zero-order valence-corrected chi connectivity index (χ0v) is 16.1. The number of ether oxygens (including phenoxy) is 2. The van der Waals surface area contributed by atoms with E-state index in [1.807, 2.05) is 36.6 Å². The van der Waals surface area contributed by atoms with Crippen LogP contribution >= 0.6 is 11.3 Å². The predicted octanol–water partition coefficient (Wildman–Crippen LogP) is 4.02. The minimum absolute atomic E-state index is 0.0451. The van der Waals surface area contributed by atoms with Gasteiger partial charge < -0.3 is 14.0 Å². The molecule has 0 atom stereocenters. The van der Waals surface area contributed by atoms with Crippen molar-refractivity contribution >= 4 is 27.5 Å². The van der Waals surface area contributed by atoms with Crippen molar-refractivity contribution in [1.29, 1.82) is 0 Å². The minimum Gasteiger partial charge on any atom is -0.492 e. The van der Waals surface area contributed by atoms with Crippen LogP contribution in [0.5, 0.6) is 5.75 Å². The number of hydrogen-bond acceptors (Lipinski definition) is 4. The number of carbonyl (C=O) groups excluding carboxylic acids is 1. The number of hydrogen-bond donors (Lipinski definition) is 0. The van der Waals surface area contributed by atoms with Crippen molar-refractivity contribution < 1.29 is 18.7 Å². The van der Waals surface area contributed by atoms with E-state index in [4.69, 9.17) is 9.47 Å². The van der Waals surface area contributed by atoms with E-state index in [0.717, 1.165) is 16.0 Å². The van der Waals surface area contributed by atoms with E-state index >= 15 is 0 Å². The monoisotopic (exact) mass is 388 g/mol. The minimum atomic E-state index is -0.609. The van der Waals surface area contributed by atoms with Crippen molar-refractivity contribution in [3.63, 3.8) is 0 Å². The van der Waals surface area contributed by atoms with Crippen LogP contribution in [0.1, 0.15) is 24.2 Å². The molecule has 142 valence electrons. The Bertz CT molecular complexity index is 1010. The van der Waals surface area contributed by atoms with Crippen LogP contribution in [-0.4, -0.2) is 30.3 Å². The van der Waals surface area contributed by atoms with E-state index in [1.54, 1.807) is 12.1 Å². The summed E-state index contributed by atoms with van der Waals surface area (Å²) in [7, 11) is 0. The lowest BCUT2D eigenvalue weighted by molar-refractivity contribution is 0.0992. The van der Waals surface area contributed by atoms with Crippen LogP contribution in [0.4, 0.5) is 4.39 Å². The molecule has 7 heteroatoms. The normalized spacial score (nSPS) is 11.9. The Morgan fingerprint density at radius 2 is 1.96 bits per heavy atom. The van der Waals surface area contributed by atoms with Gasteiger partial charge in [0, 0.05) is 13.2 Å². The summed E-state index contributed by atoms with van der Waals surface area (Å²) in [5, 5.41) is 0. The van der Waals surface area contributed by atoms with Gasteiger partial charge in [0.25, 0.3) is 5.91 Å². The smallest absolute Gasteiger partial charge is 0.282 e. The number of amides is 1. The average Bonchev–Trinajstić information content (AvgIpc) is 3.01. The van der Waals surface area contributed by atoms with E-state index in [2.05, 4.69) is 4.99 Å². The van der Waals surface area contributed by atoms with E-state index in [-0.39, 0.29) is 5.56 Å². The molecule has 0 fully saturated rings. The van der Waals surface area contributed by atoms with Gasteiger partial charge in [-0.15, -0.1) is 0 Å². The molecule has 2 aromatic carbocycles. The van der Waals surface area contributed by atoms with Crippen LogP contribution in [0.2, 0.25) is 0 Å². The Hall–Kier alpha value is -2.51. The van der Waals surface area contributed by atoms with Gasteiger partial charge in [-0.05, 0) is 38.1 Å². The Labute approximate surface area is 160 Å². The summed E-state index contributed by atoms with van der Waals surface area (Å²) >= 11 is 1.37. The number of benzene rings is 2. The molecule has 5 nitrogen and oxygen atoms in total. The summed E-state index contributed by atoms with van der Waals surface area (Å²) < 4.78 is 28.0. The van der Waals surface area contributed by atoms with Gasteiger partial charge in [0.15, 0.2) is 4.80 Å². The Balaban J connectivity index is 2.13. The molecule has 0 aliphatic heterocycles. The number of carbonyl (C=O) groups is 1. The zero-order chi connectivity index (χ0) is 19.2. The fourth-order valence-electron chi connectivity index (χ4n) is 2.74. The second-order valence-corrected chi connectivity index (χ2v) is 6.68. The number of thiazole rings is 1. The lowest BCUT2D eigenvalue weighted by atomic mass is 10.2. The predicted molar refractivity (Wildman–Crippen MR) is 104 cm³/mol. The molecule has 1 amide bonds. The summed E-state index contributed by atoms with van der Waals surface area (Å²) in [6, 6.07) is 11.6. The molecule has 0 spiro atoms. The number of fused-ring (bicyclic) bond motifs is 1. The van der Waals surface area contributed by atoms with Crippen molar-refractivity contribution in [2.45, 2.75) is 20.4 Å². The van der Waals surface area contributed by atoms with Crippen LogP contribution in [0.3, 0.4) is 0 Å². The molecule has 0 unspecified atom stereocenters. The van der Waals surface area contributed by atoms with Gasteiger partial charge >= 0.3 is 0 Å². The average molecular weight is 388 g/mol. The Kier molecular flexibility index (Phi) is 6.36. The van der Waals surface area contributed by atoms with Gasteiger partial charge in [0.2, 0.25) is 0 Å². The van der Waals surface area contributed by atoms with E-state index in [0.29, 0.717) is 31.2 Å². The van der Waals surface area contributed by atoms with Gasteiger partial charge in [-0.2, -0.15) is 4.99 Å². The highest BCUT2D eigenvalue weighted by molar-refractivity contribution is 7.16. The molecule has 0 aliphatic rings. The lowest BCUT2D eigenvalue weighted by Gasteiger charge is -2.09. The van der Waals surface area contributed by atoms with Gasteiger partial charge in [-0.3, -0.25) is 4.79 Å². The Morgan fingerprint density at radius 3 is 2.70 bits per heavy atom. The molecule has 0 saturated carbocycles. The first-order valence-electron chi connectivity index (χ1n) is 8.82. The van der Waals surface area contributed by atoms with Gasteiger partial charge in [0.05, 0.1) is 23.5 Å². The highest BCUT2D eigenvalue weighted by atomic mass is 32.1. The second-order valence-electron chi connectivity index (χ2n) is 5.67. The molecule has 0 bridgehead atoms. The fourth-order valence-corrected chi connectivity index (χ4v) is 3.82. The maximum atomic E-state index is 13.9. The zero-order valence-electron chi connectivity index (χ0n) is 15.3. The maximum Gasteiger partial charge on any atom is 0.282 e. The van der Waals surface area contributed by atoms with Crippen molar-refractivity contribution in [3.05, 3.63) is 58.6 Å². The van der Waals surface area contributed by atoms with Crippen LogP contribution in [0.15, 0.2) is 47.5 Å². The summed E-state index contributed by atoms with van der Waals surface area (Å²) in [5.74, 6) is -0.464. The molecule has 0 aliphatic carbocycles. The standard InChI is InChI=1S/C20H21FN2O3S/c1-3-25-13-12-23-18-16(26-4-2)10-7-11-17(18)27-20(23)22-19(24)14-8-5-6-9-15(14)21/h5-11H,3-4,12-13H2,1-2H3. The number of aromatic nitrogens is 1. The van der Waals surface area contributed by atoms with Gasteiger partial charge in [0.1, 0.15) is 17.1 Å². The largest absolute Gasteiger partial charge is 0.492 e. The first-order chi connectivity index (χ1) is 13.2. The molecule has 27 heavy (non-hydrogen) atoms. The molecule has 3 rings (SSSR count). The van der Waals surface area contributed by atoms with Crippen molar-refractivity contribution in [2.24, 2.45) is 4.99 Å². The third-order valence-electron chi connectivity index (χ3n) is 3.93. The number of nitrogens with zero attached hydrogens (tertiary/aromatic N) is 2. The second kappa shape index (κ2) is 8.92. The van der Waals surface area contributed by atoms with E-state index in [9.17, 15) is 9.18 Å². The molecule has 0 N–H and O–H groups in total. The first-order valence-corrected chi connectivity index (χ1v) is 9.63. The van der Waals surface area contributed by atoms with E-state index in [1.165, 1.54) is 23.5 Å². The van der Waals surface area contributed by atoms with Gasteiger partial charge in [-0.1, -0.05) is 29.5 Å². The molecule has 0 saturated heterocycles. The summed E-state index contributed by atoms with van der Waals surface area (Å²) in [6.07, 6.45) is 0. The fraction of sp³-hybridized carbons (Fsp3) is 0.300. The highest BCUT2D eigenvalue weighted by Gasteiger charge is 2.14. The molecule has 3 aromatic rings. The van der Waals surface area contributed by atoms with Crippen LogP contribution < -0.4 is 9.54 Å². The molecular weight excluding hydrogens is 367 g/mol. The quantitative estimate of drug-likeness (QED) is 0.575. The summed E-state index contributed by atoms with van der Waals surface area (Å²) in [6.45, 7) is 5.96. The van der Waals surface area contributed by atoms with Crippen LogP contribution in [-0.2, 0) is 11.3 Å². The van der Waals surface area contributed by atoms with Gasteiger partial charge in [-0.25, -0.2) is 4.39 Å². The van der Waals surface area contributed by atoms with Crippen molar-refractivity contribution in [3.8, 4) is 5.75 Å². The molecular formula is C20H21FN2O3S. The highest BCUT2D eigenvalue weighted by Crippen LogP contribution is 2.27. The number of para-hydroxylation sites is 1. The molecule has 0 radical (unpaired) electrons. The topological polar surface area (TPSA) is 52.8 Å². The Morgan fingerprint density at radius 1 is 1.15 bits per heavy atom. The number of halogens is 1. The van der Waals surface area contributed by atoms with E-state index < -0.39 is 11.7 Å². The molecule has 1 heterocycles. The SMILES string of the molecule is CCOCCn1c(=NC(=O)c2ccccc2F)sc2cccc(OCC)c21. The van der Waals surface area contributed by atoms with Crippen molar-refractivity contribution in [1.82, 2.24) is 4.57 Å².